The van der Waals surface area contributed by atoms with Gasteiger partial charge in [0.1, 0.15) is 5.75 Å². The minimum Gasteiger partial charge on any atom is -0.508 e. The second kappa shape index (κ2) is 14.6. The molecule has 1 aromatic rings. The zero-order valence-electron chi connectivity index (χ0n) is 15.1. The lowest BCUT2D eigenvalue weighted by molar-refractivity contribution is 0.116. The van der Waals surface area contributed by atoms with Gasteiger partial charge in [-0.05, 0) is 24.1 Å². The highest BCUT2D eigenvalue weighted by molar-refractivity contribution is 5.25. The molecule has 0 aliphatic heterocycles. The van der Waals surface area contributed by atoms with E-state index in [0.717, 1.165) is 18.6 Å². The van der Waals surface area contributed by atoms with Gasteiger partial charge in [-0.1, -0.05) is 89.7 Å². The van der Waals surface area contributed by atoms with Crippen LogP contribution in [0.1, 0.15) is 89.5 Å². The highest BCUT2D eigenvalue weighted by Crippen LogP contribution is 2.13. The molecule has 0 heterocycles. The first-order valence-electron chi connectivity index (χ1n) is 9.68. The molecule has 132 valence electrons. The van der Waals surface area contributed by atoms with E-state index in [2.05, 4.69) is 6.92 Å². The summed E-state index contributed by atoms with van der Waals surface area (Å²) in [6, 6.07) is 7.25. The predicted octanol–water partition coefficient (Wildman–Crippen LogP) is 6.61. The molecule has 1 rings (SSSR count). The fourth-order valence-corrected chi connectivity index (χ4v) is 2.83. The number of hydrogen-bond acceptors (Lipinski definition) is 2. The van der Waals surface area contributed by atoms with Crippen LogP contribution in [0.15, 0.2) is 24.3 Å². The highest BCUT2D eigenvalue weighted by Gasteiger charge is 1.96. The van der Waals surface area contributed by atoms with Crippen LogP contribution >= 0.6 is 0 Å². The van der Waals surface area contributed by atoms with Crippen LogP contribution < -0.4 is 0 Å². The van der Waals surface area contributed by atoms with Crippen molar-refractivity contribution in [3.05, 3.63) is 29.8 Å². The van der Waals surface area contributed by atoms with Crippen molar-refractivity contribution in [2.45, 2.75) is 90.6 Å². The van der Waals surface area contributed by atoms with Crippen LogP contribution in [0, 0.1) is 0 Å². The molecular formula is C21H36O2. The summed E-state index contributed by atoms with van der Waals surface area (Å²) in [6.45, 7) is 3.77. The molecule has 0 aliphatic rings. The van der Waals surface area contributed by atoms with Crippen molar-refractivity contribution >= 4 is 0 Å². The Labute approximate surface area is 143 Å². The van der Waals surface area contributed by atoms with Gasteiger partial charge < -0.3 is 9.84 Å². The van der Waals surface area contributed by atoms with Crippen LogP contribution in [0.3, 0.4) is 0 Å². The molecule has 2 nitrogen and oxygen atoms in total. The minimum atomic E-state index is 0.315. The molecule has 0 saturated heterocycles. The first kappa shape index (κ1) is 20.0. The van der Waals surface area contributed by atoms with Crippen molar-refractivity contribution < 1.29 is 9.84 Å². The second-order valence-electron chi connectivity index (χ2n) is 6.61. The number of hydrogen-bond donors (Lipinski definition) is 1. The van der Waals surface area contributed by atoms with Gasteiger partial charge in [-0.25, -0.2) is 0 Å². The maximum Gasteiger partial charge on any atom is 0.115 e. The van der Waals surface area contributed by atoms with Gasteiger partial charge in [0, 0.05) is 6.61 Å². The van der Waals surface area contributed by atoms with Gasteiger partial charge in [-0.3, -0.25) is 0 Å². The zero-order valence-corrected chi connectivity index (χ0v) is 15.1. The van der Waals surface area contributed by atoms with Crippen molar-refractivity contribution in [2.75, 3.05) is 6.61 Å². The van der Waals surface area contributed by atoms with E-state index in [9.17, 15) is 5.11 Å². The Morgan fingerprint density at radius 2 is 1.17 bits per heavy atom. The third-order valence-corrected chi connectivity index (χ3v) is 4.35. The highest BCUT2D eigenvalue weighted by atomic mass is 16.5. The van der Waals surface area contributed by atoms with Crippen LogP contribution in [-0.2, 0) is 11.3 Å². The number of rotatable bonds is 15. The molecule has 0 fully saturated rings. The molecule has 0 aromatic heterocycles. The van der Waals surface area contributed by atoms with Crippen LogP contribution in [0.5, 0.6) is 5.75 Å². The van der Waals surface area contributed by atoms with Gasteiger partial charge in [0.05, 0.1) is 6.61 Å². The molecule has 0 bridgehead atoms. The molecule has 0 saturated carbocycles. The monoisotopic (exact) mass is 320 g/mol. The lowest BCUT2D eigenvalue weighted by Gasteiger charge is -2.05. The summed E-state index contributed by atoms with van der Waals surface area (Å²) in [5.41, 5.74) is 1.13. The summed E-state index contributed by atoms with van der Waals surface area (Å²) in [4.78, 5) is 0. The number of benzene rings is 1. The molecule has 0 atom stereocenters. The summed E-state index contributed by atoms with van der Waals surface area (Å²) in [7, 11) is 0. The first-order valence-corrected chi connectivity index (χ1v) is 9.68. The standard InChI is InChI=1S/C21H36O2/c1-2-3-4-5-6-7-8-9-10-11-12-13-18-23-19-20-14-16-21(22)17-15-20/h14-17,22H,2-13,18-19H2,1H3. The number of ether oxygens (including phenoxy) is 1. The fourth-order valence-electron chi connectivity index (χ4n) is 2.83. The Hall–Kier alpha value is -1.02. The van der Waals surface area contributed by atoms with Crippen LogP contribution in [0.4, 0.5) is 0 Å². The Morgan fingerprint density at radius 1 is 0.696 bits per heavy atom. The topological polar surface area (TPSA) is 29.5 Å². The van der Waals surface area contributed by atoms with Crippen molar-refractivity contribution in [1.29, 1.82) is 0 Å². The molecule has 2 heteroatoms. The van der Waals surface area contributed by atoms with Gasteiger partial charge in [0.15, 0.2) is 0 Å². The maximum absolute atomic E-state index is 9.21. The van der Waals surface area contributed by atoms with Gasteiger partial charge >= 0.3 is 0 Å². The Kier molecular flexibility index (Phi) is 12.7. The molecule has 0 radical (unpaired) electrons. The average molecular weight is 321 g/mol. The van der Waals surface area contributed by atoms with Gasteiger partial charge in [0.2, 0.25) is 0 Å². The summed E-state index contributed by atoms with van der Waals surface area (Å²) in [5, 5.41) is 9.21. The molecular weight excluding hydrogens is 284 g/mol. The van der Waals surface area contributed by atoms with Gasteiger partial charge in [0.25, 0.3) is 0 Å². The van der Waals surface area contributed by atoms with E-state index in [-0.39, 0.29) is 0 Å². The number of phenols is 1. The molecule has 0 amide bonds. The van der Waals surface area contributed by atoms with E-state index in [4.69, 9.17) is 4.74 Å². The molecule has 1 N–H and O–H groups in total. The van der Waals surface area contributed by atoms with Crippen LogP contribution in [0.25, 0.3) is 0 Å². The van der Waals surface area contributed by atoms with E-state index < -0.39 is 0 Å². The number of phenolic OH excluding ortho intramolecular Hbond substituents is 1. The van der Waals surface area contributed by atoms with Gasteiger partial charge in [-0.15, -0.1) is 0 Å². The third-order valence-electron chi connectivity index (χ3n) is 4.35. The first-order chi connectivity index (χ1) is 11.3. The average Bonchev–Trinajstić information content (AvgIpc) is 2.57. The second-order valence-corrected chi connectivity index (χ2v) is 6.61. The number of aromatic hydroxyl groups is 1. The third kappa shape index (κ3) is 12.1. The Balaban J connectivity index is 1.77. The molecule has 0 spiro atoms. The lowest BCUT2D eigenvalue weighted by Crippen LogP contribution is -1.95. The molecule has 23 heavy (non-hydrogen) atoms. The van der Waals surface area contributed by atoms with Gasteiger partial charge in [-0.2, -0.15) is 0 Å². The SMILES string of the molecule is CCCCCCCCCCCCCCOCc1ccc(O)cc1. The van der Waals surface area contributed by atoms with E-state index in [1.165, 1.54) is 70.6 Å². The van der Waals surface area contributed by atoms with Crippen molar-refractivity contribution in [1.82, 2.24) is 0 Å². The summed E-state index contributed by atoms with van der Waals surface area (Å²) in [5.74, 6) is 0.315. The van der Waals surface area contributed by atoms with Crippen molar-refractivity contribution in [3.8, 4) is 5.75 Å². The predicted molar refractivity (Wildman–Crippen MR) is 98.8 cm³/mol. The van der Waals surface area contributed by atoms with E-state index >= 15 is 0 Å². The summed E-state index contributed by atoms with van der Waals surface area (Å²) in [6.07, 6.45) is 16.5. The van der Waals surface area contributed by atoms with E-state index in [1.54, 1.807) is 12.1 Å². The fraction of sp³-hybridized carbons (Fsp3) is 0.714. The van der Waals surface area contributed by atoms with Crippen molar-refractivity contribution in [3.63, 3.8) is 0 Å². The van der Waals surface area contributed by atoms with E-state index in [1.807, 2.05) is 12.1 Å². The quantitative estimate of drug-likeness (QED) is 0.368. The maximum atomic E-state index is 9.21. The summed E-state index contributed by atoms with van der Waals surface area (Å²) >= 11 is 0. The van der Waals surface area contributed by atoms with Crippen LogP contribution in [-0.4, -0.2) is 11.7 Å². The van der Waals surface area contributed by atoms with E-state index in [0.29, 0.717) is 12.4 Å². The zero-order chi connectivity index (χ0) is 16.6. The normalized spacial score (nSPS) is 11.0. The Bertz CT molecular complexity index is 359. The lowest BCUT2D eigenvalue weighted by atomic mass is 10.1. The largest absolute Gasteiger partial charge is 0.508 e. The number of unbranched alkanes of at least 4 members (excludes halogenated alkanes) is 11. The summed E-state index contributed by atoms with van der Waals surface area (Å²) < 4.78 is 5.67. The van der Waals surface area contributed by atoms with Crippen LogP contribution in [0.2, 0.25) is 0 Å². The smallest absolute Gasteiger partial charge is 0.115 e. The minimum absolute atomic E-state index is 0.315. The van der Waals surface area contributed by atoms with Crippen molar-refractivity contribution in [2.24, 2.45) is 0 Å². The molecule has 0 unspecified atom stereocenters. The molecule has 0 aliphatic carbocycles. The molecule has 1 aromatic carbocycles. The Morgan fingerprint density at radius 3 is 1.70 bits per heavy atom.